The second-order valence-corrected chi connectivity index (χ2v) is 3.35. The quantitative estimate of drug-likeness (QED) is 0.848. The molecule has 0 saturated carbocycles. The predicted molar refractivity (Wildman–Crippen MR) is 55.5 cm³/mol. The summed E-state index contributed by atoms with van der Waals surface area (Å²) in [6.45, 7) is 0. The summed E-state index contributed by atoms with van der Waals surface area (Å²) in [6.07, 6.45) is 1.43. The Morgan fingerprint density at radius 2 is 2.20 bits per heavy atom. The minimum absolute atomic E-state index is 0.109. The molecule has 0 saturated heterocycles. The first-order chi connectivity index (χ1) is 7.18. The summed E-state index contributed by atoms with van der Waals surface area (Å²) in [7, 11) is 0. The molecule has 0 aliphatic heterocycles. The van der Waals surface area contributed by atoms with Gasteiger partial charge in [-0.05, 0) is 24.3 Å². The zero-order valence-corrected chi connectivity index (χ0v) is 8.35. The smallest absolute Gasteiger partial charge is 0.354 e. The first kappa shape index (κ1) is 9.73. The van der Waals surface area contributed by atoms with Crippen LogP contribution in [-0.2, 0) is 0 Å². The lowest BCUT2D eigenvalue weighted by molar-refractivity contribution is 0.0687. The number of aromatic nitrogens is 2. The fraction of sp³-hybridized carbons (Fsp3) is 0. The molecule has 4 nitrogen and oxygen atoms in total. The highest BCUT2D eigenvalue weighted by Crippen LogP contribution is 2.15. The molecule has 1 N–H and O–H groups in total. The van der Waals surface area contributed by atoms with E-state index in [1.165, 1.54) is 16.9 Å². The minimum atomic E-state index is -1.02. The molecule has 5 heteroatoms. The van der Waals surface area contributed by atoms with Crippen molar-refractivity contribution in [3.05, 3.63) is 47.2 Å². The number of halogens is 1. The van der Waals surface area contributed by atoms with Crippen molar-refractivity contribution in [2.45, 2.75) is 0 Å². The van der Waals surface area contributed by atoms with Gasteiger partial charge in [0.2, 0.25) is 0 Å². The molecule has 2 aromatic rings. The van der Waals surface area contributed by atoms with Crippen LogP contribution in [0, 0.1) is 0 Å². The third-order valence-electron chi connectivity index (χ3n) is 1.91. The van der Waals surface area contributed by atoms with Crippen molar-refractivity contribution in [3.63, 3.8) is 0 Å². The van der Waals surface area contributed by atoms with Gasteiger partial charge in [-0.25, -0.2) is 9.48 Å². The zero-order chi connectivity index (χ0) is 10.8. The van der Waals surface area contributed by atoms with E-state index in [4.69, 9.17) is 16.7 Å². The first-order valence-corrected chi connectivity index (χ1v) is 4.59. The number of hydrogen-bond donors (Lipinski definition) is 1. The van der Waals surface area contributed by atoms with E-state index in [2.05, 4.69) is 5.10 Å². The highest BCUT2D eigenvalue weighted by atomic mass is 35.5. The van der Waals surface area contributed by atoms with E-state index in [1.807, 2.05) is 0 Å². The number of nitrogens with zero attached hydrogens (tertiary/aromatic N) is 2. The van der Waals surface area contributed by atoms with Gasteiger partial charge in [-0.3, -0.25) is 0 Å². The van der Waals surface area contributed by atoms with E-state index < -0.39 is 5.97 Å². The summed E-state index contributed by atoms with van der Waals surface area (Å²) in [5.41, 5.74) is 0.738. The molecule has 2 rings (SSSR count). The van der Waals surface area contributed by atoms with Gasteiger partial charge in [0.25, 0.3) is 0 Å². The number of rotatable bonds is 2. The molecule has 0 aliphatic rings. The summed E-state index contributed by atoms with van der Waals surface area (Å²) < 4.78 is 1.33. The predicted octanol–water partition coefficient (Wildman–Crippen LogP) is 2.22. The van der Waals surface area contributed by atoms with E-state index in [0.717, 1.165) is 0 Å². The van der Waals surface area contributed by atoms with E-state index >= 15 is 0 Å². The number of carboxylic acids is 1. The molecular formula is C10H7ClN2O2. The normalized spacial score (nSPS) is 10.2. The molecule has 1 aromatic heterocycles. The number of benzene rings is 1. The Labute approximate surface area is 90.7 Å². The van der Waals surface area contributed by atoms with Crippen LogP contribution in [-0.4, -0.2) is 20.9 Å². The lowest BCUT2D eigenvalue weighted by Crippen LogP contribution is -2.07. The molecule has 0 amide bonds. The molecule has 0 atom stereocenters. The van der Waals surface area contributed by atoms with Crippen LogP contribution in [0.1, 0.15) is 10.5 Å². The van der Waals surface area contributed by atoms with Crippen LogP contribution in [0.15, 0.2) is 36.5 Å². The molecule has 15 heavy (non-hydrogen) atoms. The second-order valence-electron chi connectivity index (χ2n) is 2.91. The summed E-state index contributed by atoms with van der Waals surface area (Å²) >= 11 is 5.81. The van der Waals surface area contributed by atoms with Crippen molar-refractivity contribution in [2.75, 3.05) is 0 Å². The van der Waals surface area contributed by atoms with Crippen LogP contribution >= 0.6 is 11.6 Å². The average molecular weight is 223 g/mol. The van der Waals surface area contributed by atoms with Crippen molar-refractivity contribution in [1.82, 2.24) is 9.78 Å². The lowest BCUT2D eigenvalue weighted by Gasteiger charge is -2.04. The van der Waals surface area contributed by atoms with Crippen LogP contribution < -0.4 is 0 Å². The first-order valence-electron chi connectivity index (χ1n) is 4.22. The molecule has 1 heterocycles. The SMILES string of the molecule is O=C(O)c1ccnn1-c1cccc(Cl)c1. The highest BCUT2D eigenvalue weighted by Gasteiger charge is 2.11. The molecule has 0 fully saturated rings. The number of aromatic carboxylic acids is 1. The standard InChI is InChI=1S/C10H7ClN2O2/c11-7-2-1-3-8(6-7)13-9(10(14)15)4-5-12-13/h1-6H,(H,14,15). The van der Waals surface area contributed by atoms with E-state index in [-0.39, 0.29) is 5.69 Å². The fourth-order valence-electron chi connectivity index (χ4n) is 1.28. The van der Waals surface area contributed by atoms with Crippen molar-refractivity contribution < 1.29 is 9.90 Å². The number of carbonyl (C=O) groups is 1. The number of carboxylic acid groups (broad SMARTS) is 1. The second kappa shape index (κ2) is 3.74. The fourth-order valence-corrected chi connectivity index (χ4v) is 1.46. The van der Waals surface area contributed by atoms with Crippen molar-refractivity contribution in [1.29, 1.82) is 0 Å². The molecule has 0 spiro atoms. The van der Waals surface area contributed by atoms with Gasteiger partial charge in [0.1, 0.15) is 0 Å². The Bertz CT molecular complexity index is 508. The van der Waals surface area contributed by atoms with Gasteiger partial charge in [0, 0.05) is 5.02 Å². The van der Waals surface area contributed by atoms with Gasteiger partial charge in [0.05, 0.1) is 11.9 Å². The molecule has 1 aromatic carbocycles. The maximum absolute atomic E-state index is 10.8. The van der Waals surface area contributed by atoms with Gasteiger partial charge in [-0.2, -0.15) is 5.10 Å². The zero-order valence-electron chi connectivity index (χ0n) is 7.59. The Kier molecular flexibility index (Phi) is 2.43. The van der Waals surface area contributed by atoms with Crippen LogP contribution in [0.3, 0.4) is 0 Å². The summed E-state index contributed by atoms with van der Waals surface area (Å²) in [5.74, 6) is -1.02. The molecule has 76 valence electrons. The van der Waals surface area contributed by atoms with E-state index in [0.29, 0.717) is 10.7 Å². The van der Waals surface area contributed by atoms with Crippen LogP contribution in [0.25, 0.3) is 5.69 Å². The van der Waals surface area contributed by atoms with Crippen molar-refractivity contribution in [2.24, 2.45) is 0 Å². The molecular weight excluding hydrogens is 216 g/mol. The van der Waals surface area contributed by atoms with Crippen molar-refractivity contribution >= 4 is 17.6 Å². The van der Waals surface area contributed by atoms with Gasteiger partial charge in [0.15, 0.2) is 5.69 Å². The van der Waals surface area contributed by atoms with Crippen LogP contribution in [0.5, 0.6) is 0 Å². The maximum atomic E-state index is 10.8. The summed E-state index contributed by atoms with van der Waals surface area (Å²) in [6, 6.07) is 8.29. The highest BCUT2D eigenvalue weighted by molar-refractivity contribution is 6.30. The largest absolute Gasteiger partial charge is 0.477 e. The van der Waals surface area contributed by atoms with Gasteiger partial charge in [-0.1, -0.05) is 17.7 Å². The molecule has 0 aliphatic carbocycles. The molecule has 0 unspecified atom stereocenters. The Morgan fingerprint density at radius 3 is 2.87 bits per heavy atom. The molecule has 0 bridgehead atoms. The average Bonchev–Trinajstić information content (AvgIpc) is 2.65. The monoisotopic (exact) mass is 222 g/mol. The maximum Gasteiger partial charge on any atom is 0.354 e. The third kappa shape index (κ3) is 1.85. The Hall–Kier alpha value is -1.81. The van der Waals surface area contributed by atoms with E-state index in [1.54, 1.807) is 24.3 Å². The Balaban J connectivity index is 2.54. The summed E-state index contributed by atoms with van der Waals surface area (Å²) in [4.78, 5) is 10.8. The van der Waals surface area contributed by atoms with Gasteiger partial charge < -0.3 is 5.11 Å². The third-order valence-corrected chi connectivity index (χ3v) is 2.15. The molecule has 0 radical (unpaired) electrons. The minimum Gasteiger partial charge on any atom is -0.477 e. The van der Waals surface area contributed by atoms with Crippen LogP contribution in [0.2, 0.25) is 5.02 Å². The van der Waals surface area contributed by atoms with Gasteiger partial charge in [-0.15, -0.1) is 0 Å². The Morgan fingerprint density at radius 1 is 1.40 bits per heavy atom. The van der Waals surface area contributed by atoms with Crippen LogP contribution in [0.4, 0.5) is 0 Å². The topological polar surface area (TPSA) is 55.1 Å². The van der Waals surface area contributed by atoms with Crippen molar-refractivity contribution in [3.8, 4) is 5.69 Å². The van der Waals surface area contributed by atoms with Gasteiger partial charge >= 0.3 is 5.97 Å². The summed E-state index contributed by atoms with van der Waals surface area (Å²) in [5, 5.41) is 13.4. The van der Waals surface area contributed by atoms with E-state index in [9.17, 15) is 4.79 Å². The lowest BCUT2D eigenvalue weighted by atomic mass is 10.3. The number of hydrogen-bond acceptors (Lipinski definition) is 2.